The lowest BCUT2D eigenvalue weighted by Gasteiger charge is -2.43. The van der Waals surface area contributed by atoms with Gasteiger partial charge in [-0.1, -0.05) is 24.6 Å². The van der Waals surface area contributed by atoms with Crippen LogP contribution in [0.4, 0.5) is 5.69 Å². The van der Waals surface area contributed by atoms with E-state index in [0.717, 1.165) is 31.4 Å². The van der Waals surface area contributed by atoms with Gasteiger partial charge in [0.05, 0.1) is 6.04 Å². The van der Waals surface area contributed by atoms with Gasteiger partial charge in [0.25, 0.3) is 0 Å². The smallest absolute Gasteiger partial charge is 0.229 e. The predicted octanol–water partition coefficient (Wildman–Crippen LogP) is 2.06. The molecule has 3 unspecified atom stereocenters. The van der Waals surface area contributed by atoms with Crippen LogP contribution in [0.2, 0.25) is 0 Å². The molecule has 3 aliphatic rings. The summed E-state index contributed by atoms with van der Waals surface area (Å²) in [5.74, 6) is 1.26. The molecule has 0 radical (unpaired) electrons. The summed E-state index contributed by atoms with van der Waals surface area (Å²) in [5, 5.41) is 3.14. The molecule has 5 nitrogen and oxygen atoms in total. The van der Waals surface area contributed by atoms with Gasteiger partial charge in [-0.05, 0) is 49.7 Å². The topological polar surface area (TPSA) is 75.4 Å². The van der Waals surface area contributed by atoms with Crippen LogP contribution in [0, 0.1) is 17.8 Å². The number of carbonyl (C=O) groups is 2. The van der Waals surface area contributed by atoms with E-state index in [1.54, 1.807) is 4.90 Å². The molecule has 3 atom stereocenters. The van der Waals surface area contributed by atoms with Crippen molar-refractivity contribution in [3.8, 4) is 0 Å². The van der Waals surface area contributed by atoms with Crippen LogP contribution < -0.4 is 16.0 Å². The second-order valence-electron chi connectivity index (χ2n) is 7.95. The third-order valence-electron chi connectivity index (χ3n) is 6.32. The highest BCUT2D eigenvalue weighted by Crippen LogP contribution is 2.42. The van der Waals surface area contributed by atoms with Gasteiger partial charge in [-0.2, -0.15) is 0 Å². The van der Waals surface area contributed by atoms with Gasteiger partial charge in [-0.25, -0.2) is 0 Å². The molecule has 5 heteroatoms. The number of carbonyl (C=O) groups excluding carboxylic acids is 2. The third kappa shape index (κ3) is 3.30. The first kappa shape index (κ1) is 16.6. The van der Waals surface area contributed by atoms with Crippen molar-refractivity contribution in [1.82, 2.24) is 5.32 Å². The average molecular weight is 341 g/mol. The Morgan fingerprint density at radius 3 is 2.48 bits per heavy atom. The Bertz CT molecular complexity index is 634. The lowest BCUT2D eigenvalue weighted by molar-refractivity contribution is -0.128. The van der Waals surface area contributed by atoms with Crippen LogP contribution in [-0.2, 0) is 9.59 Å². The van der Waals surface area contributed by atoms with Crippen molar-refractivity contribution in [3.63, 3.8) is 0 Å². The van der Waals surface area contributed by atoms with Gasteiger partial charge in [0.15, 0.2) is 0 Å². The molecule has 134 valence electrons. The molecule has 2 aliphatic carbocycles. The van der Waals surface area contributed by atoms with Crippen molar-refractivity contribution in [2.45, 2.75) is 50.6 Å². The largest absolute Gasteiger partial charge is 0.351 e. The molecule has 1 aromatic rings. The number of rotatable bonds is 3. The van der Waals surface area contributed by atoms with Crippen LogP contribution in [0.25, 0.3) is 0 Å². The summed E-state index contributed by atoms with van der Waals surface area (Å²) in [6, 6.07) is 9.86. The van der Waals surface area contributed by atoms with Crippen molar-refractivity contribution in [1.29, 1.82) is 0 Å². The standard InChI is InChI=1S/C20H27N3O2/c21-19-13-5-4-6-14(19)10-15(9-13)20(25)22-16-11-18(24)23(12-16)17-7-2-1-3-8-17/h1-3,7-8,13-16,19H,4-6,9-12,21H2,(H,22,25). The highest BCUT2D eigenvalue weighted by molar-refractivity contribution is 5.96. The molecule has 2 amide bonds. The average Bonchev–Trinajstić information content (AvgIpc) is 2.95. The van der Waals surface area contributed by atoms with E-state index in [1.807, 2.05) is 30.3 Å². The van der Waals surface area contributed by atoms with Crippen LogP contribution in [0.5, 0.6) is 0 Å². The zero-order valence-corrected chi connectivity index (χ0v) is 14.6. The maximum Gasteiger partial charge on any atom is 0.229 e. The molecule has 1 aromatic carbocycles. The molecule has 2 saturated carbocycles. The lowest BCUT2D eigenvalue weighted by atomic mass is 9.65. The number of anilines is 1. The SMILES string of the molecule is NC1C2CCCC1CC(C(=O)NC1CC(=O)N(c3ccccc3)C1)C2. The highest BCUT2D eigenvalue weighted by atomic mass is 16.2. The normalized spacial score (nSPS) is 34.8. The fraction of sp³-hybridized carbons (Fsp3) is 0.600. The van der Waals surface area contributed by atoms with Gasteiger partial charge in [-0.15, -0.1) is 0 Å². The van der Waals surface area contributed by atoms with Crippen LogP contribution in [0.15, 0.2) is 30.3 Å². The van der Waals surface area contributed by atoms with E-state index in [0.29, 0.717) is 24.8 Å². The first-order chi connectivity index (χ1) is 12.1. The fourth-order valence-corrected chi connectivity index (χ4v) is 4.98. The Hall–Kier alpha value is -1.88. The molecule has 0 spiro atoms. The molecular formula is C20H27N3O2. The number of nitrogens with two attached hydrogens (primary N) is 1. The van der Waals surface area contributed by atoms with Crippen LogP contribution >= 0.6 is 0 Å². The molecule has 1 heterocycles. The van der Waals surface area contributed by atoms with Crippen molar-refractivity contribution < 1.29 is 9.59 Å². The maximum atomic E-state index is 12.8. The van der Waals surface area contributed by atoms with Gasteiger partial charge >= 0.3 is 0 Å². The number of benzene rings is 1. The second kappa shape index (κ2) is 6.79. The Kier molecular flexibility index (Phi) is 4.50. The Morgan fingerprint density at radius 1 is 1.12 bits per heavy atom. The summed E-state index contributed by atoms with van der Waals surface area (Å²) in [6.45, 7) is 0.563. The Morgan fingerprint density at radius 2 is 1.80 bits per heavy atom. The molecule has 1 saturated heterocycles. The summed E-state index contributed by atoms with van der Waals surface area (Å²) in [4.78, 5) is 26.8. The summed E-state index contributed by atoms with van der Waals surface area (Å²) in [7, 11) is 0. The minimum atomic E-state index is -0.0874. The number of fused-ring (bicyclic) bond motifs is 2. The van der Waals surface area contributed by atoms with E-state index in [4.69, 9.17) is 5.73 Å². The Labute approximate surface area is 148 Å². The van der Waals surface area contributed by atoms with E-state index < -0.39 is 0 Å². The summed E-state index contributed by atoms with van der Waals surface area (Å²) >= 11 is 0. The quantitative estimate of drug-likeness (QED) is 0.884. The van der Waals surface area contributed by atoms with Crippen molar-refractivity contribution in [2.75, 3.05) is 11.4 Å². The van der Waals surface area contributed by atoms with E-state index in [-0.39, 0.29) is 29.8 Å². The summed E-state index contributed by atoms with van der Waals surface area (Å²) in [5.41, 5.74) is 7.23. The van der Waals surface area contributed by atoms with Crippen LogP contribution in [0.3, 0.4) is 0 Å². The number of para-hydroxylation sites is 1. The van der Waals surface area contributed by atoms with Crippen molar-refractivity contribution in [3.05, 3.63) is 30.3 Å². The fourth-order valence-electron chi connectivity index (χ4n) is 4.98. The Balaban J connectivity index is 1.36. The van der Waals surface area contributed by atoms with Crippen LogP contribution in [-0.4, -0.2) is 30.4 Å². The van der Waals surface area contributed by atoms with E-state index in [1.165, 1.54) is 6.42 Å². The number of nitrogens with one attached hydrogen (secondary N) is 1. The molecule has 25 heavy (non-hydrogen) atoms. The van der Waals surface area contributed by atoms with Crippen LogP contribution in [0.1, 0.15) is 38.5 Å². The minimum Gasteiger partial charge on any atom is -0.351 e. The highest BCUT2D eigenvalue weighted by Gasteiger charge is 2.41. The summed E-state index contributed by atoms with van der Waals surface area (Å²) in [6.07, 6.45) is 5.77. The number of amides is 2. The van der Waals surface area contributed by atoms with Gasteiger partial charge in [0, 0.05) is 30.6 Å². The van der Waals surface area contributed by atoms with Gasteiger partial charge < -0.3 is 16.0 Å². The zero-order valence-electron chi connectivity index (χ0n) is 14.6. The van der Waals surface area contributed by atoms with Gasteiger partial charge in [-0.3, -0.25) is 9.59 Å². The minimum absolute atomic E-state index is 0.0657. The first-order valence-corrected chi connectivity index (χ1v) is 9.53. The monoisotopic (exact) mass is 341 g/mol. The summed E-state index contributed by atoms with van der Waals surface area (Å²) < 4.78 is 0. The molecule has 3 fully saturated rings. The molecule has 0 aromatic heterocycles. The molecule has 3 N–H and O–H groups in total. The van der Waals surface area contributed by atoms with Crippen molar-refractivity contribution >= 4 is 17.5 Å². The first-order valence-electron chi connectivity index (χ1n) is 9.53. The van der Waals surface area contributed by atoms with Gasteiger partial charge in [0.2, 0.25) is 11.8 Å². The molecule has 2 bridgehead atoms. The maximum absolute atomic E-state index is 12.8. The van der Waals surface area contributed by atoms with E-state index >= 15 is 0 Å². The van der Waals surface area contributed by atoms with E-state index in [2.05, 4.69) is 5.32 Å². The van der Waals surface area contributed by atoms with Crippen molar-refractivity contribution in [2.24, 2.45) is 23.5 Å². The third-order valence-corrected chi connectivity index (χ3v) is 6.32. The number of hydrogen-bond donors (Lipinski definition) is 2. The zero-order chi connectivity index (χ0) is 17.4. The predicted molar refractivity (Wildman–Crippen MR) is 96.9 cm³/mol. The molecule has 1 aliphatic heterocycles. The van der Waals surface area contributed by atoms with Gasteiger partial charge in [0.1, 0.15) is 0 Å². The molecule has 4 rings (SSSR count). The second-order valence-corrected chi connectivity index (χ2v) is 7.95. The number of nitrogens with zero attached hydrogens (tertiary/aromatic N) is 1. The number of hydrogen-bond acceptors (Lipinski definition) is 3. The van der Waals surface area contributed by atoms with E-state index in [9.17, 15) is 9.59 Å². The molecular weight excluding hydrogens is 314 g/mol. The lowest BCUT2D eigenvalue weighted by Crippen LogP contribution is -2.50.